The lowest BCUT2D eigenvalue weighted by molar-refractivity contribution is -0.143. The van der Waals surface area contributed by atoms with E-state index in [1.165, 1.54) is 45.3 Å². The summed E-state index contributed by atoms with van der Waals surface area (Å²) in [5.74, 6) is 0.443. The molecular formula is C43H72N2O13. The Morgan fingerprint density at radius 1 is 0.759 bits per heavy atom. The predicted molar refractivity (Wildman–Crippen MR) is 221 cm³/mol. The van der Waals surface area contributed by atoms with Crippen molar-refractivity contribution in [2.45, 2.75) is 142 Å². The molecule has 15 heteroatoms. The Labute approximate surface area is 346 Å². The highest BCUT2D eigenvalue weighted by Gasteiger charge is 2.26. The number of nitrogens with zero attached hydrogens (tertiary/aromatic N) is 2. The SMILES string of the molecule is C=C(C)C(=O)OC.C=C(C)C(=O)OCCO.C=CC(=O)OCCCC.O=C1CCCCCO1.O=C=NC1CCC(CC2CCC(N=C=O)CC2)CC1.OCCCCO. The number of aliphatic hydroxyl groups excluding tert-OH is 3. The third-order valence-corrected chi connectivity index (χ3v) is 8.74. The van der Waals surface area contributed by atoms with Crippen molar-refractivity contribution < 1.29 is 63.0 Å². The van der Waals surface area contributed by atoms with E-state index in [2.05, 4.69) is 43.9 Å². The number of aliphatic hydroxyl groups is 3. The number of methoxy groups -OCH3 is 1. The van der Waals surface area contributed by atoms with Crippen molar-refractivity contribution in [2.75, 3.05) is 46.8 Å². The summed E-state index contributed by atoms with van der Waals surface area (Å²) in [6.07, 6.45) is 22.1. The molecule has 0 aromatic rings. The first-order chi connectivity index (χ1) is 27.8. The first kappa shape index (κ1) is 58.1. The standard InChI is InChI=1S/C15H22N2O2.C7H12O2.C6H10O3.C6H10O2.C5H8O2.C4H10O2/c18-10-16-14-5-1-12(2-6-14)9-13-3-7-15(8-4-13)17-11-19;1-3-5-6-9-7(8)4-2;1-5(2)6(8)9-4-3-7;7-6-4-2-1-3-5-8-6;1-4(2)5(6)7-3;5-3-1-2-4-6/h12-15H,1-9H2;4H,2-3,5-6H2,1H3;7H,1,3-4H2,2H3;1-5H2;1H2,2-3H3;5-6H,1-4H2. The van der Waals surface area contributed by atoms with Crippen LogP contribution in [0.5, 0.6) is 0 Å². The van der Waals surface area contributed by atoms with Crippen LogP contribution in [0.15, 0.2) is 46.9 Å². The van der Waals surface area contributed by atoms with Gasteiger partial charge in [0.15, 0.2) is 0 Å². The summed E-state index contributed by atoms with van der Waals surface area (Å²) in [7, 11) is 1.33. The molecule has 0 bridgehead atoms. The van der Waals surface area contributed by atoms with Crippen LogP contribution in [-0.2, 0) is 47.7 Å². The van der Waals surface area contributed by atoms with Gasteiger partial charge in [-0.1, -0.05) is 33.1 Å². The minimum atomic E-state index is -0.455. The number of unbranched alkanes of at least 4 members (excludes halogenated alkanes) is 2. The van der Waals surface area contributed by atoms with Crippen molar-refractivity contribution in [3.05, 3.63) is 37.0 Å². The molecule has 3 rings (SSSR count). The fourth-order valence-electron chi connectivity index (χ4n) is 5.48. The van der Waals surface area contributed by atoms with Gasteiger partial charge in [0.25, 0.3) is 0 Å². The van der Waals surface area contributed by atoms with Gasteiger partial charge in [-0.2, -0.15) is 0 Å². The Kier molecular flexibility index (Phi) is 42.4. The first-order valence-corrected chi connectivity index (χ1v) is 20.3. The summed E-state index contributed by atoms with van der Waals surface area (Å²) in [6, 6.07) is 0.456. The number of rotatable bonds is 15. The maximum atomic E-state index is 10.5. The van der Waals surface area contributed by atoms with Gasteiger partial charge in [0.2, 0.25) is 12.2 Å². The van der Waals surface area contributed by atoms with Gasteiger partial charge < -0.3 is 34.3 Å². The average Bonchev–Trinajstić information content (AvgIpc) is 3.48. The van der Waals surface area contributed by atoms with Crippen LogP contribution >= 0.6 is 0 Å². The number of hydrogen-bond acceptors (Lipinski definition) is 15. The zero-order valence-electron chi connectivity index (χ0n) is 35.6. The molecule has 3 N–H and O–H groups in total. The first-order valence-electron chi connectivity index (χ1n) is 20.3. The number of cyclic esters (lactones) is 1. The second-order valence-electron chi connectivity index (χ2n) is 13.8. The maximum Gasteiger partial charge on any atom is 0.333 e. The van der Waals surface area contributed by atoms with Gasteiger partial charge in [0, 0.05) is 36.9 Å². The number of carbonyl (C=O) groups is 4. The molecule has 15 nitrogen and oxygen atoms in total. The van der Waals surface area contributed by atoms with Crippen molar-refractivity contribution in [3.63, 3.8) is 0 Å². The number of isocyanates is 2. The maximum absolute atomic E-state index is 10.5. The molecule has 332 valence electrons. The molecule has 3 aliphatic rings. The summed E-state index contributed by atoms with van der Waals surface area (Å²) in [6.45, 7) is 16.6. The Hall–Kier alpha value is -4.26. The molecule has 0 unspecified atom stereocenters. The second-order valence-corrected chi connectivity index (χ2v) is 13.8. The monoisotopic (exact) mass is 825 g/mol. The molecule has 1 saturated heterocycles. The minimum Gasteiger partial charge on any atom is -0.466 e. The molecule has 0 amide bonds. The average molecular weight is 825 g/mol. The molecule has 3 fully saturated rings. The van der Waals surface area contributed by atoms with E-state index in [0.29, 0.717) is 30.8 Å². The van der Waals surface area contributed by atoms with Gasteiger partial charge in [-0.3, -0.25) is 4.79 Å². The van der Waals surface area contributed by atoms with Crippen molar-refractivity contribution >= 4 is 36.0 Å². The zero-order chi connectivity index (χ0) is 44.4. The molecule has 1 aliphatic heterocycles. The lowest BCUT2D eigenvalue weighted by atomic mass is 9.76. The summed E-state index contributed by atoms with van der Waals surface area (Å²) >= 11 is 0. The quantitative estimate of drug-likeness (QED) is 0.0408. The van der Waals surface area contributed by atoms with Crippen molar-refractivity contribution in [1.82, 2.24) is 0 Å². The predicted octanol–water partition coefficient (Wildman–Crippen LogP) is 6.37. The fourth-order valence-corrected chi connectivity index (χ4v) is 5.48. The van der Waals surface area contributed by atoms with E-state index in [4.69, 9.17) is 20.1 Å². The largest absolute Gasteiger partial charge is 0.466 e. The van der Waals surface area contributed by atoms with Gasteiger partial charge >= 0.3 is 23.9 Å². The van der Waals surface area contributed by atoms with E-state index in [9.17, 15) is 28.8 Å². The Bertz CT molecular complexity index is 1170. The Morgan fingerprint density at radius 3 is 1.62 bits per heavy atom. The summed E-state index contributed by atoms with van der Waals surface area (Å²) in [4.78, 5) is 69.6. The molecule has 0 radical (unpaired) electrons. The number of esters is 4. The molecule has 0 aromatic heterocycles. The molecule has 0 spiro atoms. The second kappa shape index (κ2) is 42.3. The van der Waals surface area contributed by atoms with E-state index in [0.717, 1.165) is 82.5 Å². The molecule has 2 aliphatic carbocycles. The molecule has 1 heterocycles. The van der Waals surface area contributed by atoms with Crippen LogP contribution in [0.2, 0.25) is 0 Å². The third-order valence-electron chi connectivity index (χ3n) is 8.74. The van der Waals surface area contributed by atoms with Gasteiger partial charge in [-0.05, 0) is 122 Å². The summed E-state index contributed by atoms with van der Waals surface area (Å²) in [5.41, 5.74) is 0.783. The topological polar surface area (TPSA) is 225 Å². The van der Waals surface area contributed by atoms with Gasteiger partial charge in [-0.25, -0.2) is 34.0 Å². The van der Waals surface area contributed by atoms with E-state index in [-0.39, 0.29) is 56.4 Å². The summed E-state index contributed by atoms with van der Waals surface area (Å²) in [5, 5.41) is 24.4. The lowest BCUT2D eigenvalue weighted by Gasteiger charge is -2.31. The highest BCUT2D eigenvalue weighted by Crippen LogP contribution is 2.36. The minimum absolute atomic E-state index is 0.0255. The summed E-state index contributed by atoms with van der Waals surface area (Å²) < 4.78 is 18.2. The number of hydrogen-bond donors (Lipinski definition) is 3. The Morgan fingerprint density at radius 2 is 1.26 bits per heavy atom. The van der Waals surface area contributed by atoms with Crippen molar-refractivity contribution in [2.24, 2.45) is 21.8 Å². The number of aliphatic imine (C=N–C) groups is 2. The van der Waals surface area contributed by atoms with E-state index >= 15 is 0 Å². The molecular weight excluding hydrogens is 752 g/mol. The van der Waals surface area contributed by atoms with Crippen LogP contribution in [0, 0.1) is 11.8 Å². The zero-order valence-corrected chi connectivity index (χ0v) is 35.6. The van der Waals surface area contributed by atoms with E-state index in [1.807, 2.05) is 6.92 Å². The third kappa shape index (κ3) is 38.6. The van der Waals surface area contributed by atoms with Crippen molar-refractivity contribution in [1.29, 1.82) is 0 Å². The van der Waals surface area contributed by atoms with Crippen molar-refractivity contribution in [3.8, 4) is 0 Å². The lowest BCUT2D eigenvalue weighted by Crippen LogP contribution is -2.23. The van der Waals surface area contributed by atoms with E-state index in [1.54, 1.807) is 26.0 Å². The Balaban J connectivity index is -0.000000667. The van der Waals surface area contributed by atoms with Crippen LogP contribution in [0.3, 0.4) is 0 Å². The van der Waals surface area contributed by atoms with Gasteiger partial charge in [-0.15, -0.1) is 0 Å². The number of carbonyl (C=O) groups excluding carboxylic acids is 6. The van der Waals surface area contributed by atoms with Crippen LogP contribution in [0.1, 0.15) is 130 Å². The molecule has 0 atom stereocenters. The smallest absolute Gasteiger partial charge is 0.333 e. The number of ether oxygens (including phenoxy) is 4. The van der Waals surface area contributed by atoms with Crippen LogP contribution in [0.4, 0.5) is 0 Å². The highest BCUT2D eigenvalue weighted by molar-refractivity contribution is 5.87. The molecule has 58 heavy (non-hydrogen) atoms. The van der Waals surface area contributed by atoms with E-state index < -0.39 is 5.97 Å². The van der Waals surface area contributed by atoms with Crippen LogP contribution in [0.25, 0.3) is 0 Å². The molecule has 0 aromatic carbocycles. The van der Waals surface area contributed by atoms with Crippen LogP contribution in [-0.4, -0.2) is 110 Å². The fraction of sp³-hybridized carbons (Fsp3) is 0.721. The normalized spacial score (nSPS) is 19.0. The highest BCUT2D eigenvalue weighted by atomic mass is 16.5. The van der Waals surface area contributed by atoms with Gasteiger partial charge in [0.1, 0.15) is 6.61 Å². The van der Waals surface area contributed by atoms with Gasteiger partial charge in [0.05, 0.1) is 39.0 Å². The molecule has 2 saturated carbocycles. The van der Waals surface area contributed by atoms with Crippen LogP contribution < -0.4 is 0 Å².